The Hall–Kier alpha value is -0.800. The molecule has 3 heterocycles. The lowest BCUT2D eigenvalue weighted by Crippen LogP contribution is -2.41. The zero-order chi connectivity index (χ0) is 14.3. The Morgan fingerprint density at radius 1 is 1.26 bits per heavy atom. The van der Waals surface area contributed by atoms with Gasteiger partial charge in [-0.05, 0) is 44.6 Å². The molecule has 1 aromatic heterocycles. The first kappa shape index (κ1) is 16.3. The molecule has 19 heavy (non-hydrogen) atoms. The van der Waals surface area contributed by atoms with E-state index < -0.39 is 0 Å². The lowest BCUT2D eigenvalue weighted by molar-refractivity contribution is 0.203. The molecule has 106 valence electrons. The van der Waals surface area contributed by atoms with E-state index >= 15 is 0 Å². The van der Waals surface area contributed by atoms with Gasteiger partial charge < -0.3 is 4.90 Å². The summed E-state index contributed by atoms with van der Waals surface area (Å²) in [5.74, 6) is 1.27. The van der Waals surface area contributed by atoms with Crippen LogP contribution in [0.15, 0.2) is 36.5 Å². The van der Waals surface area contributed by atoms with Crippen molar-refractivity contribution in [3.63, 3.8) is 0 Å². The van der Waals surface area contributed by atoms with Crippen molar-refractivity contribution in [3.8, 4) is 0 Å². The Morgan fingerprint density at radius 3 is 2.53 bits per heavy atom. The van der Waals surface area contributed by atoms with Crippen LogP contribution >= 0.6 is 11.8 Å². The Morgan fingerprint density at radius 2 is 1.89 bits per heavy atom. The minimum absolute atomic E-state index is 0.445. The Labute approximate surface area is 122 Å². The van der Waals surface area contributed by atoms with Crippen LogP contribution in [0.2, 0.25) is 0 Å². The van der Waals surface area contributed by atoms with Crippen LogP contribution in [-0.2, 0) is 5.41 Å². The van der Waals surface area contributed by atoms with Crippen molar-refractivity contribution in [1.82, 2.24) is 9.88 Å². The van der Waals surface area contributed by atoms with Gasteiger partial charge >= 0.3 is 0 Å². The van der Waals surface area contributed by atoms with Crippen LogP contribution in [0.1, 0.15) is 32.3 Å². The molecular formula is C16H26N2S. The number of nitrogens with zero attached hydrogens (tertiary/aromatic N) is 2. The molecule has 2 nitrogen and oxygen atoms in total. The summed E-state index contributed by atoms with van der Waals surface area (Å²) in [4.78, 5) is 8.20. The van der Waals surface area contributed by atoms with Gasteiger partial charge in [-0.25, -0.2) is 0 Å². The van der Waals surface area contributed by atoms with E-state index in [1.54, 1.807) is 0 Å². The molecule has 0 saturated carbocycles. The number of likely N-dealkylation sites (tertiary alicyclic amines) is 1. The van der Waals surface area contributed by atoms with Crippen LogP contribution in [0.25, 0.3) is 0 Å². The van der Waals surface area contributed by atoms with Gasteiger partial charge in [-0.3, -0.25) is 4.98 Å². The minimum Gasteiger partial charge on any atom is -0.306 e. The summed E-state index contributed by atoms with van der Waals surface area (Å²) in [5.41, 5.74) is 1.96. The van der Waals surface area contributed by atoms with Crippen LogP contribution in [0.4, 0.5) is 0 Å². The zero-order valence-corrected chi connectivity index (χ0v) is 13.3. The molecule has 0 radical (unpaired) electrons. The third kappa shape index (κ3) is 3.40. The van der Waals surface area contributed by atoms with Crippen molar-refractivity contribution < 1.29 is 0 Å². The van der Waals surface area contributed by atoms with Crippen molar-refractivity contribution in [3.05, 3.63) is 37.2 Å². The maximum atomic E-state index is 4.30. The minimum atomic E-state index is 0.445. The van der Waals surface area contributed by atoms with E-state index in [1.165, 1.54) is 42.1 Å². The van der Waals surface area contributed by atoms with E-state index in [2.05, 4.69) is 42.4 Å². The van der Waals surface area contributed by atoms with Gasteiger partial charge in [0.2, 0.25) is 0 Å². The lowest BCUT2D eigenvalue weighted by Gasteiger charge is -2.37. The second-order valence-corrected chi connectivity index (χ2v) is 5.76. The molecule has 0 aromatic carbocycles. The molecule has 2 aliphatic heterocycles. The molecule has 0 aliphatic carbocycles. The molecule has 0 unspecified atom stereocenters. The molecule has 0 N–H and O–H groups in total. The summed E-state index contributed by atoms with van der Waals surface area (Å²) in [6, 6.07) is 2.17. The molecule has 0 amide bonds. The molecule has 3 heteroatoms. The SMILES string of the molecule is C=C.CC.CN1CCC2(CC1)CSc1ccncc12. The number of fused-ring (bicyclic) bond motifs is 2. The molecule has 1 saturated heterocycles. The van der Waals surface area contributed by atoms with E-state index in [0.717, 1.165) is 0 Å². The Kier molecular flexibility index (Phi) is 6.59. The fourth-order valence-corrected chi connectivity index (χ4v) is 4.12. The largest absolute Gasteiger partial charge is 0.306 e. The smallest absolute Gasteiger partial charge is 0.0317 e. The molecule has 1 aromatic rings. The fourth-order valence-electron chi connectivity index (χ4n) is 2.66. The number of thioether (sulfide) groups is 1. The highest BCUT2D eigenvalue weighted by Gasteiger charge is 2.41. The number of hydrogen-bond donors (Lipinski definition) is 0. The highest BCUT2D eigenvalue weighted by Crippen LogP contribution is 2.48. The number of hydrogen-bond acceptors (Lipinski definition) is 3. The Bertz CT molecular complexity index is 384. The van der Waals surface area contributed by atoms with Crippen molar-refractivity contribution >= 4 is 11.8 Å². The molecule has 3 rings (SSSR count). The van der Waals surface area contributed by atoms with E-state index in [-0.39, 0.29) is 0 Å². The highest BCUT2D eigenvalue weighted by molar-refractivity contribution is 7.99. The van der Waals surface area contributed by atoms with Crippen molar-refractivity contribution in [2.45, 2.75) is 37.0 Å². The quantitative estimate of drug-likeness (QED) is 0.668. The fraction of sp³-hybridized carbons (Fsp3) is 0.562. The normalized spacial score (nSPS) is 19.7. The summed E-state index contributed by atoms with van der Waals surface area (Å²) in [7, 11) is 2.22. The molecule has 1 spiro atoms. The van der Waals surface area contributed by atoms with E-state index in [9.17, 15) is 0 Å². The number of aromatic nitrogens is 1. The molecule has 0 bridgehead atoms. The highest BCUT2D eigenvalue weighted by atomic mass is 32.2. The van der Waals surface area contributed by atoms with Gasteiger partial charge in [0, 0.05) is 28.5 Å². The second kappa shape index (κ2) is 7.71. The van der Waals surface area contributed by atoms with E-state index in [0.29, 0.717) is 5.41 Å². The molecule has 0 atom stereocenters. The summed E-state index contributed by atoms with van der Waals surface area (Å²) in [6.07, 6.45) is 6.62. The summed E-state index contributed by atoms with van der Waals surface area (Å²) in [6.45, 7) is 12.5. The summed E-state index contributed by atoms with van der Waals surface area (Å²) < 4.78 is 0. The van der Waals surface area contributed by atoms with Gasteiger partial charge in [0.05, 0.1) is 0 Å². The van der Waals surface area contributed by atoms with Crippen LogP contribution in [-0.4, -0.2) is 35.8 Å². The van der Waals surface area contributed by atoms with Crippen molar-refractivity contribution in [2.75, 3.05) is 25.9 Å². The lowest BCUT2D eigenvalue weighted by atomic mass is 9.75. The maximum absolute atomic E-state index is 4.30. The standard InChI is InChI=1S/C12H16N2S.C2H6.C2H4/c1-14-6-3-12(4-7-14)9-15-11-2-5-13-8-10(11)12;2*1-2/h2,5,8H,3-4,6-7,9H2,1H3;1-2H3;1-2H2. The van der Waals surface area contributed by atoms with Gasteiger partial charge in [0.25, 0.3) is 0 Å². The van der Waals surface area contributed by atoms with E-state index in [4.69, 9.17) is 0 Å². The average Bonchev–Trinajstić information content (AvgIpc) is 2.86. The average molecular weight is 278 g/mol. The number of piperidine rings is 1. The second-order valence-electron chi connectivity index (χ2n) is 4.74. The topological polar surface area (TPSA) is 16.1 Å². The number of pyridine rings is 1. The van der Waals surface area contributed by atoms with Gasteiger partial charge in [0.15, 0.2) is 0 Å². The van der Waals surface area contributed by atoms with Crippen LogP contribution in [0.3, 0.4) is 0 Å². The predicted molar refractivity (Wildman–Crippen MR) is 86.0 cm³/mol. The summed E-state index contributed by atoms with van der Waals surface area (Å²) >= 11 is 2.02. The molecule has 2 aliphatic rings. The number of rotatable bonds is 0. The zero-order valence-electron chi connectivity index (χ0n) is 12.5. The third-order valence-corrected chi connectivity index (χ3v) is 5.16. The van der Waals surface area contributed by atoms with Crippen LogP contribution in [0.5, 0.6) is 0 Å². The maximum Gasteiger partial charge on any atom is 0.0317 e. The van der Waals surface area contributed by atoms with Gasteiger partial charge in [-0.15, -0.1) is 24.9 Å². The first-order valence-corrected chi connectivity index (χ1v) is 8.05. The van der Waals surface area contributed by atoms with E-state index in [1.807, 2.05) is 31.8 Å². The van der Waals surface area contributed by atoms with Gasteiger partial charge in [-0.2, -0.15) is 0 Å². The van der Waals surface area contributed by atoms with Crippen molar-refractivity contribution in [1.29, 1.82) is 0 Å². The Balaban J connectivity index is 0.000000415. The van der Waals surface area contributed by atoms with Crippen molar-refractivity contribution in [2.24, 2.45) is 0 Å². The van der Waals surface area contributed by atoms with Gasteiger partial charge in [0.1, 0.15) is 0 Å². The summed E-state index contributed by atoms with van der Waals surface area (Å²) in [5, 5.41) is 0. The third-order valence-electron chi connectivity index (χ3n) is 3.80. The molecular weight excluding hydrogens is 252 g/mol. The molecule has 1 fully saturated rings. The monoisotopic (exact) mass is 278 g/mol. The first-order chi connectivity index (χ1) is 9.30. The predicted octanol–water partition coefficient (Wildman–Crippen LogP) is 3.98. The first-order valence-electron chi connectivity index (χ1n) is 7.06. The van der Waals surface area contributed by atoms with Crippen LogP contribution < -0.4 is 0 Å². The van der Waals surface area contributed by atoms with Gasteiger partial charge in [-0.1, -0.05) is 13.8 Å². The van der Waals surface area contributed by atoms with Crippen LogP contribution in [0, 0.1) is 0 Å².